The van der Waals surface area contributed by atoms with Gasteiger partial charge in [0.2, 0.25) is 5.91 Å². The Morgan fingerprint density at radius 2 is 2.46 bits per heavy atom. The first-order chi connectivity index (χ1) is 6.27. The van der Waals surface area contributed by atoms with Crippen LogP contribution in [-0.4, -0.2) is 25.0 Å². The topological polar surface area (TPSA) is 41.1 Å². The first-order valence-corrected chi connectivity index (χ1v) is 4.71. The molecule has 13 heavy (non-hydrogen) atoms. The Kier molecular flexibility index (Phi) is 3.78. The normalized spacial score (nSPS) is 24.9. The molecular weight excluding hydrogens is 164 g/mol. The maximum atomic E-state index is 11.2. The molecule has 0 saturated heterocycles. The van der Waals surface area contributed by atoms with E-state index in [-0.39, 0.29) is 5.91 Å². The van der Waals surface area contributed by atoms with Crippen molar-refractivity contribution in [2.24, 2.45) is 5.92 Å². The number of hydrogen-bond donors (Lipinski definition) is 2. The van der Waals surface area contributed by atoms with Gasteiger partial charge in [0.25, 0.3) is 0 Å². The van der Waals surface area contributed by atoms with Crippen molar-refractivity contribution in [1.29, 1.82) is 0 Å². The maximum Gasteiger partial charge on any atom is 0.234 e. The summed E-state index contributed by atoms with van der Waals surface area (Å²) >= 11 is 0. The summed E-state index contributed by atoms with van der Waals surface area (Å²) in [6.07, 6.45) is 7.32. The van der Waals surface area contributed by atoms with Crippen LogP contribution in [0.4, 0.5) is 0 Å². The van der Waals surface area contributed by atoms with E-state index in [9.17, 15) is 4.79 Å². The third kappa shape index (κ3) is 3.47. The molecule has 0 aromatic carbocycles. The van der Waals surface area contributed by atoms with Crippen molar-refractivity contribution in [2.45, 2.75) is 25.8 Å². The standard InChI is InChI=1S/C10H16N2O/c1-3-5-11-7-10(13)12-9-6-8(9)4-2/h1,8-9,11H,4-7H2,2H3,(H,12,13). The summed E-state index contributed by atoms with van der Waals surface area (Å²) < 4.78 is 0. The molecule has 1 aliphatic carbocycles. The van der Waals surface area contributed by atoms with E-state index in [1.54, 1.807) is 0 Å². The van der Waals surface area contributed by atoms with Gasteiger partial charge >= 0.3 is 0 Å². The summed E-state index contributed by atoms with van der Waals surface area (Å²) in [7, 11) is 0. The second-order valence-electron chi connectivity index (χ2n) is 3.39. The summed E-state index contributed by atoms with van der Waals surface area (Å²) in [6, 6.07) is 0.421. The fraction of sp³-hybridized carbons (Fsp3) is 0.700. The molecule has 0 heterocycles. The average Bonchev–Trinajstić information content (AvgIpc) is 2.84. The van der Waals surface area contributed by atoms with Crippen molar-refractivity contribution < 1.29 is 4.79 Å². The van der Waals surface area contributed by atoms with E-state index in [1.807, 2.05) is 0 Å². The van der Waals surface area contributed by atoms with Crippen LogP contribution in [0.5, 0.6) is 0 Å². The minimum atomic E-state index is 0.0520. The molecule has 0 aliphatic heterocycles. The van der Waals surface area contributed by atoms with Gasteiger partial charge in [0, 0.05) is 6.04 Å². The van der Waals surface area contributed by atoms with Crippen LogP contribution < -0.4 is 10.6 Å². The zero-order valence-corrected chi connectivity index (χ0v) is 7.97. The van der Waals surface area contributed by atoms with Gasteiger partial charge in [-0.15, -0.1) is 6.42 Å². The van der Waals surface area contributed by atoms with Crippen molar-refractivity contribution >= 4 is 5.91 Å². The minimum absolute atomic E-state index is 0.0520. The van der Waals surface area contributed by atoms with E-state index in [4.69, 9.17) is 6.42 Å². The van der Waals surface area contributed by atoms with Gasteiger partial charge in [-0.25, -0.2) is 0 Å². The van der Waals surface area contributed by atoms with Gasteiger partial charge in [-0.2, -0.15) is 0 Å². The van der Waals surface area contributed by atoms with Crippen LogP contribution in [0.2, 0.25) is 0 Å². The fourth-order valence-electron chi connectivity index (χ4n) is 1.38. The van der Waals surface area contributed by atoms with Gasteiger partial charge < -0.3 is 5.32 Å². The van der Waals surface area contributed by atoms with Gasteiger partial charge in [0.1, 0.15) is 0 Å². The van der Waals surface area contributed by atoms with E-state index in [1.165, 1.54) is 0 Å². The molecule has 2 unspecified atom stereocenters. The highest BCUT2D eigenvalue weighted by molar-refractivity contribution is 5.78. The van der Waals surface area contributed by atoms with Gasteiger partial charge in [0.05, 0.1) is 13.1 Å². The Labute approximate surface area is 79.3 Å². The number of amides is 1. The van der Waals surface area contributed by atoms with Crippen molar-refractivity contribution in [3.05, 3.63) is 0 Å². The van der Waals surface area contributed by atoms with Crippen LogP contribution in [0.15, 0.2) is 0 Å². The Morgan fingerprint density at radius 1 is 1.69 bits per heavy atom. The molecular formula is C10H16N2O. The molecule has 1 fully saturated rings. The Balaban J connectivity index is 2.03. The van der Waals surface area contributed by atoms with E-state index >= 15 is 0 Å². The van der Waals surface area contributed by atoms with E-state index in [2.05, 4.69) is 23.5 Å². The quantitative estimate of drug-likeness (QED) is 0.466. The molecule has 0 bridgehead atoms. The molecule has 0 spiro atoms. The number of carbonyl (C=O) groups excluding carboxylic acids is 1. The van der Waals surface area contributed by atoms with E-state index < -0.39 is 0 Å². The molecule has 2 N–H and O–H groups in total. The van der Waals surface area contributed by atoms with Crippen LogP contribution in [0.25, 0.3) is 0 Å². The van der Waals surface area contributed by atoms with E-state index in [0.29, 0.717) is 25.0 Å². The highest BCUT2D eigenvalue weighted by Gasteiger charge is 2.36. The van der Waals surface area contributed by atoms with Crippen LogP contribution in [0, 0.1) is 18.3 Å². The molecule has 3 nitrogen and oxygen atoms in total. The van der Waals surface area contributed by atoms with Gasteiger partial charge in [0.15, 0.2) is 0 Å². The molecule has 3 heteroatoms. The first kappa shape index (κ1) is 10.1. The second-order valence-corrected chi connectivity index (χ2v) is 3.39. The van der Waals surface area contributed by atoms with Crippen molar-refractivity contribution in [2.75, 3.05) is 13.1 Å². The highest BCUT2D eigenvalue weighted by atomic mass is 16.2. The molecule has 0 aromatic heterocycles. The van der Waals surface area contributed by atoms with Crippen LogP contribution in [0.1, 0.15) is 19.8 Å². The zero-order chi connectivity index (χ0) is 9.68. The lowest BCUT2D eigenvalue weighted by Gasteiger charge is -2.03. The molecule has 1 saturated carbocycles. The summed E-state index contributed by atoms with van der Waals surface area (Å²) in [6.45, 7) is 2.93. The van der Waals surface area contributed by atoms with Crippen molar-refractivity contribution in [3.63, 3.8) is 0 Å². The predicted molar refractivity (Wildman–Crippen MR) is 52.0 cm³/mol. The average molecular weight is 180 g/mol. The SMILES string of the molecule is C#CCNCC(=O)NC1CC1CC. The number of nitrogens with one attached hydrogen (secondary N) is 2. The lowest BCUT2D eigenvalue weighted by atomic mass is 10.3. The van der Waals surface area contributed by atoms with Crippen LogP contribution >= 0.6 is 0 Å². The van der Waals surface area contributed by atoms with Gasteiger partial charge in [-0.1, -0.05) is 19.3 Å². The molecule has 72 valence electrons. The maximum absolute atomic E-state index is 11.2. The van der Waals surface area contributed by atoms with Gasteiger partial charge in [-0.3, -0.25) is 10.1 Å². The first-order valence-electron chi connectivity index (χ1n) is 4.71. The summed E-state index contributed by atoms with van der Waals surface area (Å²) in [4.78, 5) is 11.2. The molecule has 1 aliphatic rings. The molecule has 1 rings (SSSR count). The van der Waals surface area contributed by atoms with Crippen LogP contribution in [0.3, 0.4) is 0 Å². The Hall–Kier alpha value is -1.01. The van der Waals surface area contributed by atoms with E-state index in [0.717, 1.165) is 12.8 Å². The Bertz CT molecular complexity index is 219. The zero-order valence-electron chi connectivity index (χ0n) is 7.97. The number of rotatable bonds is 5. The number of hydrogen-bond acceptors (Lipinski definition) is 2. The molecule has 0 aromatic rings. The summed E-state index contributed by atoms with van der Waals surface area (Å²) in [5, 5.41) is 5.80. The number of terminal acetylenes is 1. The smallest absolute Gasteiger partial charge is 0.234 e. The fourth-order valence-corrected chi connectivity index (χ4v) is 1.38. The third-order valence-electron chi connectivity index (χ3n) is 2.31. The molecule has 1 amide bonds. The largest absolute Gasteiger partial charge is 0.352 e. The summed E-state index contributed by atoms with van der Waals surface area (Å²) in [5.74, 6) is 3.18. The van der Waals surface area contributed by atoms with Crippen molar-refractivity contribution in [1.82, 2.24) is 10.6 Å². The summed E-state index contributed by atoms with van der Waals surface area (Å²) in [5.41, 5.74) is 0. The molecule has 0 radical (unpaired) electrons. The third-order valence-corrected chi connectivity index (χ3v) is 2.31. The monoisotopic (exact) mass is 180 g/mol. The minimum Gasteiger partial charge on any atom is -0.352 e. The van der Waals surface area contributed by atoms with Gasteiger partial charge in [-0.05, 0) is 12.3 Å². The number of carbonyl (C=O) groups is 1. The van der Waals surface area contributed by atoms with Crippen LogP contribution in [-0.2, 0) is 4.79 Å². The lowest BCUT2D eigenvalue weighted by molar-refractivity contribution is -0.120. The molecule has 2 atom stereocenters. The highest BCUT2D eigenvalue weighted by Crippen LogP contribution is 2.32. The predicted octanol–water partition coefficient (Wildman–Crippen LogP) is 0.124. The second kappa shape index (κ2) is 4.88. The Morgan fingerprint density at radius 3 is 3.00 bits per heavy atom. The lowest BCUT2D eigenvalue weighted by Crippen LogP contribution is -2.35. The van der Waals surface area contributed by atoms with Crippen molar-refractivity contribution in [3.8, 4) is 12.3 Å².